The van der Waals surface area contributed by atoms with Gasteiger partial charge in [-0.15, -0.1) is 0 Å². The lowest BCUT2D eigenvalue weighted by Crippen LogP contribution is -2.45. The quantitative estimate of drug-likeness (QED) is 0.704. The fourth-order valence-corrected chi connectivity index (χ4v) is 3.85. The summed E-state index contributed by atoms with van der Waals surface area (Å²) >= 11 is 0. The van der Waals surface area contributed by atoms with Gasteiger partial charge in [-0.25, -0.2) is 0 Å². The second-order valence-electron chi connectivity index (χ2n) is 6.80. The molecule has 98 valence electrons. The molecular weight excluding hydrogens is 208 g/mol. The van der Waals surface area contributed by atoms with Gasteiger partial charge in [0.15, 0.2) is 0 Å². The molecule has 3 aliphatic rings. The van der Waals surface area contributed by atoms with Crippen molar-refractivity contribution in [2.75, 3.05) is 19.6 Å². The summed E-state index contributed by atoms with van der Waals surface area (Å²) in [6.45, 7) is 6.30. The Kier molecular flexibility index (Phi) is 3.45. The van der Waals surface area contributed by atoms with Crippen molar-refractivity contribution in [2.45, 2.75) is 70.4 Å². The van der Waals surface area contributed by atoms with Crippen LogP contribution in [0.1, 0.15) is 58.3 Å². The molecule has 0 aromatic rings. The normalized spacial score (nSPS) is 35.5. The summed E-state index contributed by atoms with van der Waals surface area (Å²) in [6, 6.07) is 1.64. The summed E-state index contributed by atoms with van der Waals surface area (Å²) in [7, 11) is 0. The van der Waals surface area contributed by atoms with E-state index in [1.54, 1.807) is 0 Å². The Labute approximate surface area is 106 Å². The van der Waals surface area contributed by atoms with Crippen LogP contribution in [-0.2, 0) is 0 Å². The Hall–Kier alpha value is -0.0800. The molecule has 1 atom stereocenters. The molecule has 1 heterocycles. The Morgan fingerprint density at radius 1 is 1.06 bits per heavy atom. The molecule has 0 radical (unpaired) electrons. The predicted molar refractivity (Wildman–Crippen MR) is 72.2 cm³/mol. The van der Waals surface area contributed by atoms with Gasteiger partial charge in [0.25, 0.3) is 0 Å². The Morgan fingerprint density at radius 2 is 1.76 bits per heavy atom. The van der Waals surface area contributed by atoms with E-state index in [1.165, 1.54) is 71.0 Å². The fraction of sp³-hybridized carbons (Fsp3) is 1.00. The van der Waals surface area contributed by atoms with Crippen molar-refractivity contribution in [1.82, 2.24) is 10.2 Å². The van der Waals surface area contributed by atoms with Crippen LogP contribution in [0.3, 0.4) is 0 Å². The maximum atomic E-state index is 3.69. The molecule has 2 saturated carbocycles. The highest BCUT2D eigenvalue weighted by Gasteiger charge is 2.46. The molecule has 0 aromatic carbocycles. The molecule has 17 heavy (non-hydrogen) atoms. The van der Waals surface area contributed by atoms with Gasteiger partial charge in [-0.3, -0.25) is 4.90 Å². The predicted octanol–water partition coefficient (Wildman–Crippen LogP) is 2.78. The summed E-state index contributed by atoms with van der Waals surface area (Å²) in [5.41, 5.74) is 0.678. The topological polar surface area (TPSA) is 15.3 Å². The molecule has 2 aliphatic carbocycles. The molecule has 0 bridgehead atoms. The van der Waals surface area contributed by atoms with Crippen LogP contribution in [-0.4, -0.2) is 36.6 Å². The van der Waals surface area contributed by atoms with Crippen LogP contribution in [0.5, 0.6) is 0 Å². The van der Waals surface area contributed by atoms with Gasteiger partial charge in [-0.2, -0.15) is 0 Å². The van der Waals surface area contributed by atoms with Gasteiger partial charge in [-0.05, 0) is 38.0 Å². The van der Waals surface area contributed by atoms with Crippen LogP contribution < -0.4 is 5.32 Å². The molecule has 2 nitrogen and oxygen atoms in total. The number of nitrogens with one attached hydrogen (secondary N) is 1. The summed E-state index contributed by atoms with van der Waals surface area (Å²) in [6.07, 6.45) is 11.7. The molecule has 0 amide bonds. The molecule has 1 spiro atoms. The van der Waals surface area contributed by atoms with Crippen LogP contribution in [0.2, 0.25) is 0 Å². The van der Waals surface area contributed by atoms with Gasteiger partial charge in [0.2, 0.25) is 0 Å². The van der Waals surface area contributed by atoms with E-state index in [4.69, 9.17) is 0 Å². The first-order valence-corrected chi connectivity index (χ1v) is 7.76. The highest BCUT2D eigenvalue weighted by Crippen LogP contribution is 2.47. The van der Waals surface area contributed by atoms with Crippen molar-refractivity contribution < 1.29 is 0 Å². The molecule has 2 heteroatoms. The van der Waals surface area contributed by atoms with Crippen LogP contribution in [0, 0.1) is 5.41 Å². The van der Waals surface area contributed by atoms with Gasteiger partial charge >= 0.3 is 0 Å². The lowest BCUT2D eigenvalue weighted by Gasteiger charge is -2.36. The lowest BCUT2D eigenvalue weighted by molar-refractivity contribution is 0.119. The largest absolute Gasteiger partial charge is 0.315 e. The Morgan fingerprint density at radius 3 is 2.41 bits per heavy atom. The van der Waals surface area contributed by atoms with Crippen LogP contribution >= 0.6 is 0 Å². The number of hydrogen-bond donors (Lipinski definition) is 1. The standard InChI is InChI=1S/C15H28N2/c1-13-10-16-11-15(8-9-15)12-17(13)14-6-4-2-3-5-7-14/h13-14,16H,2-12H2,1H3. The van der Waals surface area contributed by atoms with E-state index < -0.39 is 0 Å². The maximum absolute atomic E-state index is 3.69. The number of nitrogens with zero attached hydrogens (tertiary/aromatic N) is 1. The van der Waals surface area contributed by atoms with Crippen LogP contribution in [0.4, 0.5) is 0 Å². The highest BCUT2D eigenvalue weighted by molar-refractivity contribution is 5.01. The molecule has 0 aromatic heterocycles. The van der Waals surface area contributed by atoms with Crippen LogP contribution in [0.25, 0.3) is 0 Å². The second kappa shape index (κ2) is 4.89. The van der Waals surface area contributed by atoms with E-state index in [0.29, 0.717) is 5.41 Å². The molecule has 1 N–H and O–H groups in total. The van der Waals surface area contributed by atoms with E-state index in [1.807, 2.05) is 0 Å². The Bertz CT molecular complexity index is 252. The highest BCUT2D eigenvalue weighted by atomic mass is 15.2. The van der Waals surface area contributed by atoms with Gasteiger partial charge in [0, 0.05) is 31.7 Å². The van der Waals surface area contributed by atoms with Crippen molar-refractivity contribution in [2.24, 2.45) is 5.41 Å². The van der Waals surface area contributed by atoms with Gasteiger partial charge in [-0.1, -0.05) is 25.7 Å². The zero-order valence-electron chi connectivity index (χ0n) is 11.4. The molecular formula is C15H28N2. The summed E-state index contributed by atoms with van der Waals surface area (Å²) < 4.78 is 0. The van der Waals surface area contributed by atoms with Crippen molar-refractivity contribution in [3.05, 3.63) is 0 Å². The third-order valence-corrected chi connectivity index (χ3v) is 5.27. The first kappa shape index (κ1) is 12.0. The number of hydrogen-bond acceptors (Lipinski definition) is 2. The minimum atomic E-state index is 0.678. The summed E-state index contributed by atoms with van der Waals surface area (Å²) in [5, 5.41) is 3.69. The van der Waals surface area contributed by atoms with Crippen LogP contribution in [0.15, 0.2) is 0 Å². The van der Waals surface area contributed by atoms with Gasteiger partial charge in [0.05, 0.1) is 0 Å². The monoisotopic (exact) mass is 236 g/mol. The molecule has 3 rings (SSSR count). The second-order valence-corrected chi connectivity index (χ2v) is 6.80. The molecule has 1 unspecified atom stereocenters. The third kappa shape index (κ3) is 2.68. The smallest absolute Gasteiger partial charge is 0.0195 e. The minimum Gasteiger partial charge on any atom is -0.315 e. The maximum Gasteiger partial charge on any atom is 0.0195 e. The van der Waals surface area contributed by atoms with E-state index in [9.17, 15) is 0 Å². The summed E-state index contributed by atoms with van der Waals surface area (Å²) in [5.74, 6) is 0. The molecule has 1 aliphatic heterocycles. The minimum absolute atomic E-state index is 0.678. The fourth-order valence-electron chi connectivity index (χ4n) is 3.85. The van der Waals surface area contributed by atoms with E-state index in [-0.39, 0.29) is 0 Å². The van der Waals surface area contributed by atoms with E-state index in [2.05, 4.69) is 17.1 Å². The average Bonchev–Trinajstić information content (AvgIpc) is 3.11. The first-order chi connectivity index (χ1) is 8.29. The molecule has 1 saturated heterocycles. The number of rotatable bonds is 1. The van der Waals surface area contributed by atoms with E-state index in [0.717, 1.165) is 12.1 Å². The average molecular weight is 236 g/mol. The first-order valence-electron chi connectivity index (χ1n) is 7.76. The summed E-state index contributed by atoms with van der Waals surface area (Å²) in [4.78, 5) is 2.87. The zero-order chi connectivity index (χ0) is 11.7. The lowest BCUT2D eigenvalue weighted by atomic mass is 10.0. The zero-order valence-corrected chi connectivity index (χ0v) is 11.4. The van der Waals surface area contributed by atoms with Crippen molar-refractivity contribution in [3.63, 3.8) is 0 Å². The van der Waals surface area contributed by atoms with Crippen molar-refractivity contribution in [3.8, 4) is 0 Å². The van der Waals surface area contributed by atoms with E-state index >= 15 is 0 Å². The SMILES string of the molecule is CC1CNCC2(CC2)CN1C1CCCCCC1. The van der Waals surface area contributed by atoms with Gasteiger partial charge in [0.1, 0.15) is 0 Å². The van der Waals surface area contributed by atoms with Crippen molar-refractivity contribution >= 4 is 0 Å². The van der Waals surface area contributed by atoms with Crippen molar-refractivity contribution in [1.29, 1.82) is 0 Å². The Balaban J connectivity index is 1.69. The molecule has 3 fully saturated rings. The van der Waals surface area contributed by atoms with Gasteiger partial charge < -0.3 is 5.32 Å². The third-order valence-electron chi connectivity index (χ3n) is 5.27.